The lowest BCUT2D eigenvalue weighted by molar-refractivity contribution is -0.117. The molecule has 9 heteroatoms. The van der Waals surface area contributed by atoms with Crippen LogP contribution in [0.25, 0.3) is 0 Å². The molecule has 0 radical (unpaired) electrons. The average Bonchev–Trinajstić information content (AvgIpc) is 3.28. The highest BCUT2D eigenvalue weighted by molar-refractivity contribution is 7.89. The molecule has 0 spiro atoms. The molecule has 8 nitrogen and oxygen atoms in total. The lowest BCUT2D eigenvalue weighted by atomic mass is 10.2. The Kier molecular flexibility index (Phi) is 7.28. The molecule has 2 aromatic rings. The van der Waals surface area contributed by atoms with Gasteiger partial charge in [-0.2, -0.15) is 9.57 Å². The Morgan fingerprint density at radius 2 is 1.70 bits per heavy atom. The maximum Gasteiger partial charge on any atom is 0.243 e. The third kappa shape index (κ3) is 5.71. The molecule has 1 N–H and O–H groups in total. The van der Waals surface area contributed by atoms with Crippen LogP contribution in [0.15, 0.2) is 53.4 Å². The number of amides is 1. The quantitative estimate of drug-likeness (QED) is 0.701. The molecule has 2 heterocycles. The Hall–Kier alpha value is -2.93. The summed E-state index contributed by atoms with van der Waals surface area (Å²) in [6, 6.07) is 16.2. The van der Waals surface area contributed by atoms with Gasteiger partial charge in [0, 0.05) is 50.6 Å². The summed E-state index contributed by atoms with van der Waals surface area (Å²) in [6.45, 7) is 4.59. The van der Waals surface area contributed by atoms with Crippen LogP contribution >= 0.6 is 0 Å². The molecule has 2 aromatic carbocycles. The number of hydrogen-bond acceptors (Lipinski definition) is 6. The standard InChI is InChI=1S/C24H29N5O3S/c25-18-20-7-9-22(10-8-20)28-12-4-11-27(15-16-28)19-24(30)26-21-5-3-6-23(17-21)33(31,32)29-13-1-2-14-29/h3,5-10,17H,1-2,4,11-16,19H2,(H,26,30). The first-order valence-corrected chi connectivity index (χ1v) is 12.8. The number of carbonyl (C=O) groups is 1. The van der Waals surface area contributed by atoms with Gasteiger partial charge in [0.2, 0.25) is 15.9 Å². The molecule has 2 saturated heterocycles. The zero-order chi connectivity index (χ0) is 23.3. The van der Waals surface area contributed by atoms with Crippen molar-refractivity contribution in [3.05, 3.63) is 54.1 Å². The lowest BCUT2D eigenvalue weighted by Crippen LogP contribution is -2.36. The molecule has 0 unspecified atom stereocenters. The van der Waals surface area contributed by atoms with Gasteiger partial charge in [0.05, 0.1) is 23.1 Å². The van der Waals surface area contributed by atoms with E-state index in [1.165, 1.54) is 4.31 Å². The van der Waals surface area contributed by atoms with E-state index in [9.17, 15) is 13.2 Å². The minimum atomic E-state index is -3.52. The summed E-state index contributed by atoms with van der Waals surface area (Å²) in [6.07, 6.45) is 2.69. The number of hydrogen-bond donors (Lipinski definition) is 1. The monoisotopic (exact) mass is 467 g/mol. The highest BCUT2D eigenvalue weighted by Gasteiger charge is 2.27. The van der Waals surface area contributed by atoms with E-state index in [1.807, 2.05) is 24.3 Å². The summed E-state index contributed by atoms with van der Waals surface area (Å²) in [4.78, 5) is 17.3. The predicted molar refractivity (Wildman–Crippen MR) is 127 cm³/mol. The van der Waals surface area contributed by atoms with Crippen molar-refractivity contribution in [2.75, 3.05) is 56.0 Å². The number of nitrogens with zero attached hydrogens (tertiary/aromatic N) is 4. The van der Waals surface area contributed by atoms with Crippen LogP contribution in [0.2, 0.25) is 0 Å². The normalized spacial score (nSPS) is 18.0. The van der Waals surface area contributed by atoms with Crippen LogP contribution in [0.1, 0.15) is 24.8 Å². The van der Waals surface area contributed by atoms with Crippen LogP contribution < -0.4 is 10.2 Å². The summed E-state index contributed by atoms with van der Waals surface area (Å²) in [5, 5.41) is 11.8. The topological polar surface area (TPSA) is 96.7 Å². The van der Waals surface area contributed by atoms with Gasteiger partial charge in [0.1, 0.15) is 0 Å². The number of benzene rings is 2. The molecule has 0 aromatic heterocycles. The van der Waals surface area contributed by atoms with E-state index in [-0.39, 0.29) is 17.3 Å². The van der Waals surface area contributed by atoms with Crippen molar-refractivity contribution in [3.63, 3.8) is 0 Å². The second-order valence-corrected chi connectivity index (χ2v) is 10.4. The molecule has 2 fully saturated rings. The largest absolute Gasteiger partial charge is 0.370 e. The third-order valence-corrected chi connectivity index (χ3v) is 8.03. The first-order chi connectivity index (χ1) is 16.0. The summed E-state index contributed by atoms with van der Waals surface area (Å²) in [5.74, 6) is -0.155. The van der Waals surface area contributed by atoms with E-state index >= 15 is 0 Å². The molecule has 2 aliphatic heterocycles. The summed E-state index contributed by atoms with van der Waals surface area (Å²) in [7, 11) is -3.52. The molecular formula is C24H29N5O3S. The van der Waals surface area contributed by atoms with Crippen LogP contribution in [-0.2, 0) is 14.8 Å². The van der Waals surface area contributed by atoms with Gasteiger partial charge in [-0.05, 0) is 61.7 Å². The maximum absolute atomic E-state index is 12.8. The molecule has 0 atom stereocenters. The fourth-order valence-corrected chi connectivity index (χ4v) is 5.91. The molecule has 0 saturated carbocycles. The van der Waals surface area contributed by atoms with E-state index in [4.69, 9.17) is 5.26 Å². The fraction of sp³-hybridized carbons (Fsp3) is 0.417. The Balaban J connectivity index is 1.33. The molecule has 33 heavy (non-hydrogen) atoms. The van der Waals surface area contributed by atoms with Gasteiger partial charge < -0.3 is 10.2 Å². The van der Waals surface area contributed by atoms with Crippen LogP contribution in [0.5, 0.6) is 0 Å². The van der Waals surface area contributed by atoms with Gasteiger partial charge in [-0.1, -0.05) is 6.07 Å². The number of anilines is 2. The molecular weight excluding hydrogens is 438 g/mol. The maximum atomic E-state index is 12.8. The number of nitriles is 1. The van der Waals surface area contributed by atoms with Crippen LogP contribution in [0.4, 0.5) is 11.4 Å². The fourth-order valence-electron chi connectivity index (χ4n) is 4.35. The smallest absolute Gasteiger partial charge is 0.243 e. The molecule has 2 aliphatic rings. The molecule has 0 aliphatic carbocycles. The van der Waals surface area contributed by atoms with Gasteiger partial charge in [-0.25, -0.2) is 8.42 Å². The number of carbonyl (C=O) groups excluding carboxylic acids is 1. The van der Waals surface area contributed by atoms with Crippen molar-refractivity contribution >= 4 is 27.3 Å². The zero-order valence-corrected chi connectivity index (χ0v) is 19.4. The number of rotatable bonds is 6. The second-order valence-electron chi connectivity index (χ2n) is 8.46. The van der Waals surface area contributed by atoms with E-state index in [2.05, 4.69) is 21.2 Å². The Morgan fingerprint density at radius 1 is 0.939 bits per heavy atom. The SMILES string of the molecule is N#Cc1ccc(N2CCCN(CC(=O)Nc3cccc(S(=O)(=O)N4CCCC4)c3)CC2)cc1. The zero-order valence-electron chi connectivity index (χ0n) is 18.6. The Morgan fingerprint density at radius 3 is 2.42 bits per heavy atom. The first kappa shape index (κ1) is 23.2. The van der Waals surface area contributed by atoms with Gasteiger partial charge in [-0.3, -0.25) is 9.69 Å². The van der Waals surface area contributed by atoms with Crippen molar-refractivity contribution in [1.82, 2.24) is 9.21 Å². The van der Waals surface area contributed by atoms with Gasteiger partial charge in [0.15, 0.2) is 0 Å². The van der Waals surface area contributed by atoms with Gasteiger partial charge >= 0.3 is 0 Å². The molecule has 4 rings (SSSR count). The third-order valence-electron chi connectivity index (χ3n) is 6.14. The minimum Gasteiger partial charge on any atom is -0.370 e. The first-order valence-electron chi connectivity index (χ1n) is 11.3. The van der Waals surface area contributed by atoms with Crippen molar-refractivity contribution in [3.8, 4) is 6.07 Å². The van der Waals surface area contributed by atoms with E-state index in [0.29, 0.717) is 24.3 Å². The van der Waals surface area contributed by atoms with E-state index < -0.39 is 10.0 Å². The average molecular weight is 468 g/mol. The second kappa shape index (κ2) is 10.3. The van der Waals surface area contributed by atoms with Crippen LogP contribution in [-0.4, -0.2) is 69.3 Å². The highest BCUT2D eigenvalue weighted by Crippen LogP contribution is 2.23. The highest BCUT2D eigenvalue weighted by atomic mass is 32.2. The number of sulfonamides is 1. The predicted octanol–water partition coefficient (Wildman–Crippen LogP) is 2.49. The van der Waals surface area contributed by atoms with Crippen molar-refractivity contribution in [2.45, 2.75) is 24.2 Å². The van der Waals surface area contributed by atoms with Gasteiger partial charge in [0.25, 0.3) is 0 Å². The summed E-state index contributed by atoms with van der Waals surface area (Å²) in [5.41, 5.74) is 2.22. The minimum absolute atomic E-state index is 0.155. The van der Waals surface area contributed by atoms with Crippen molar-refractivity contribution in [1.29, 1.82) is 5.26 Å². The van der Waals surface area contributed by atoms with E-state index in [0.717, 1.165) is 51.1 Å². The van der Waals surface area contributed by atoms with Crippen molar-refractivity contribution < 1.29 is 13.2 Å². The Bertz CT molecular complexity index is 1120. The molecule has 0 bridgehead atoms. The molecule has 174 valence electrons. The Labute approximate surface area is 195 Å². The van der Waals surface area contributed by atoms with Crippen LogP contribution in [0.3, 0.4) is 0 Å². The van der Waals surface area contributed by atoms with Gasteiger partial charge in [-0.15, -0.1) is 0 Å². The summed E-state index contributed by atoms with van der Waals surface area (Å²) < 4.78 is 27.1. The van der Waals surface area contributed by atoms with Crippen LogP contribution in [0, 0.1) is 11.3 Å². The summed E-state index contributed by atoms with van der Waals surface area (Å²) >= 11 is 0. The lowest BCUT2D eigenvalue weighted by Gasteiger charge is -2.23. The van der Waals surface area contributed by atoms with E-state index in [1.54, 1.807) is 24.3 Å². The number of nitrogens with one attached hydrogen (secondary N) is 1. The molecule has 1 amide bonds. The van der Waals surface area contributed by atoms with Crippen molar-refractivity contribution in [2.24, 2.45) is 0 Å².